The molecular weight excluding hydrogens is 2010 g/mol. The minimum atomic E-state index is -1.30. The first kappa shape index (κ1) is 104. The summed E-state index contributed by atoms with van der Waals surface area (Å²) in [7, 11) is 1.54. The van der Waals surface area contributed by atoms with Gasteiger partial charge in [-0.2, -0.15) is 0 Å². The Bertz CT molecular complexity index is 5330. The van der Waals surface area contributed by atoms with Gasteiger partial charge in [0.05, 0.1) is 64.2 Å². The molecule has 664 valence electrons. The highest BCUT2D eigenvalue weighted by atomic mass is 35.5. The van der Waals surface area contributed by atoms with Gasteiger partial charge in [-0.05, 0) is 80.1 Å². The lowest BCUT2D eigenvalue weighted by molar-refractivity contribution is -0.158. The summed E-state index contributed by atoms with van der Waals surface area (Å²) in [6.07, 6.45) is -6.43. The normalized spacial score (nSPS) is 20.0. The number of ketones is 4. The van der Waals surface area contributed by atoms with Crippen molar-refractivity contribution < 1.29 is 119 Å². The fraction of sp³-hybridized carbons (Fsp3) is 0.193. The highest BCUT2D eigenvalue weighted by molar-refractivity contribution is 6.53. The summed E-state index contributed by atoms with van der Waals surface area (Å²) in [4.78, 5) is 147. The van der Waals surface area contributed by atoms with Crippen molar-refractivity contribution in [2.75, 3.05) is 19.0 Å². The van der Waals surface area contributed by atoms with E-state index in [-0.39, 0.29) is 129 Å². The van der Waals surface area contributed by atoms with Crippen LogP contribution < -0.4 is 10.1 Å². The molecular formula is C83H58Cl17NO25. The van der Waals surface area contributed by atoms with E-state index in [2.05, 4.69) is 26.1 Å². The van der Waals surface area contributed by atoms with E-state index in [9.17, 15) is 62.3 Å². The Balaban J connectivity index is 0.000000199. The molecule has 14 rings (SSSR count). The molecule has 0 spiro atoms. The fourth-order valence-electron chi connectivity index (χ4n) is 10.1. The number of anilines is 1. The summed E-state index contributed by atoms with van der Waals surface area (Å²) in [5.74, 6) is -5.46. The third-order valence-electron chi connectivity index (χ3n) is 16.4. The number of cyclic esters (lactones) is 8. The number of halogens is 17. The molecule has 8 aliphatic heterocycles. The van der Waals surface area contributed by atoms with Gasteiger partial charge in [0.2, 0.25) is 6.29 Å². The lowest BCUT2D eigenvalue weighted by atomic mass is 10.0. The average Bonchev–Trinajstić information content (AvgIpc) is 1.69. The number of ether oxygens (including phenoxy) is 12. The monoisotopic (exact) mass is 2060 g/mol. The van der Waals surface area contributed by atoms with Crippen molar-refractivity contribution in [1.29, 1.82) is 0 Å². The SMILES string of the molecule is C=COC1OC(=O)C(Cl)=C1Cl.CCOC1OC(=O)C(Cl)=C1Cl.COc1ccc(C(=O)CC2OC(=O)C(Cl)=C2Cl)cc1.Cc1ccc(C(=O)CC2OC(=O)C(Cl)=C2Cl)cc1.O=C(Nc1ccccc1)OC1OC(=O)C(Cl)=C1Cl.O=C1OC(CC(=O)c2ccc(Cl)cc2)C(Cl)=C1Cl.O=C1OC(CC(=O)c2ccccc2)C(Cl)=C1Cl.O=C1OC(c2ccccc2)C(Cl)=C1Cl. The van der Waals surface area contributed by atoms with Crippen LogP contribution in [0.25, 0.3) is 0 Å². The predicted octanol–water partition coefficient (Wildman–Crippen LogP) is 21.6. The number of methoxy groups -OCH3 is 1. The van der Waals surface area contributed by atoms with Crippen LogP contribution in [-0.4, -0.2) is 134 Å². The van der Waals surface area contributed by atoms with E-state index >= 15 is 0 Å². The van der Waals surface area contributed by atoms with Crippen molar-refractivity contribution in [2.45, 2.75) is 88.9 Å². The number of hydrogen-bond acceptors (Lipinski definition) is 25. The number of Topliss-reactive ketones (excluding diaryl/α,β-unsaturated/α-hetero) is 4. The van der Waals surface area contributed by atoms with Gasteiger partial charge in [-0.1, -0.05) is 312 Å². The largest absolute Gasteiger partial charge is 0.497 e. The van der Waals surface area contributed by atoms with Crippen molar-refractivity contribution >= 4 is 280 Å². The Morgan fingerprint density at radius 1 is 0.357 bits per heavy atom. The first-order valence-corrected chi connectivity index (χ1v) is 41.8. The van der Waals surface area contributed by atoms with E-state index in [0.29, 0.717) is 45.3 Å². The molecule has 1 amide bonds. The number of carbonyl (C=O) groups is 13. The van der Waals surface area contributed by atoms with Gasteiger partial charge >= 0.3 is 53.8 Å². The first-order valence-electron chi connectivity index (χ1n) is 35.4. The van der Waals surface area contributed by atoms with Crippen molar-refractivity contribution in [3.63, 3.8) is 0 Å². The molecule has 8 unspecified atom stereocenters. The first-order chi connectivity index (χ1) is 59.7. The molecule has 0 radical (unpaired) electrons. The van der Waals surface area contributed by atoms with E-state index in [4.69, 9.17) is 240 Å². The average molecular weight is 2070 g/mol. The Morgan fingerprint density at radius 3 is 0.976 bits per heavy atom. The Labute approximate surface area is 801 Å². The van der Waals surface area contributed by atoms with Crippen molar-refractivity contribution in [2.24, 2.45) is 0 Å². The van der Waals surface area contributed by atoms with Crippen LogP contribution in [0.5, 0.6) is 5.75 Å². The summed E-state index contributed by atoms with van der Waals surface area (Å²) in [6, 6.07) is 46.8. The Hall–Kier alpha value is -8.82. The molecule has 8 atom stereocenters. The molecule has 0 saturated carbocycles. The quantitative estimate of drug-likeness (QED) is 0.0321. The summed E-state index contributed by atoms with van der Waals surface area (Å²) in [6.45, 7) is 7.39. The Morgan fingerprint density at radius 2 is 0.659 bits per heavy atom. The summed E-state index contributed by atoms with van der Waals surface area (Å²) < 4.78 is 57.8. The molecule has 0 saturated heterocycles. The number of hydrogen-bond donors (Lipinski definition) is 1. The smallest absolute Gasteiger partial charge is 0.415 e. The van der Waals surface area contributed by atoms with Crippen LogP contribution in [0.1, 0.15) is 91.3 Å². The van der Waals surface area contributed by atoms with E-state index in [1.165, 1.54) is 0 Å². The third kappa shape index (κ3) is 29.6. The molecule has 126 heavy (non-hydrogen) atoms. The molecule has 43 heteroatoms. The topological polar surface area (TPSA) is 345 Å². The molecule has 8 heterocycles. The number of nitrogens with one attached hydrogen (secondary N) is 1. The molecule has 6 aromatic carbocycles. The zero-order valence-electron chi connectivity index (χ0n) is 64.2. The lowest BCUT2D eigenvalue weighted by Gasteiger charge is -2.12. The fourth-order valence-corrected chi connectivity index (χ4v) is 13.0. The van der Waals surface area contributed by atoms with Crippen LogP contribution in [-0.2, 0) is 90.5 Å². The zero-order chi connectivity index (χ0) is 93.1. The summed E-state index contributed by atoms with van der Waals surface area (Å²) in [5, 5.41) is 2.47. The van der Waals surface area contributed by atoms with Crippen LogP contribution in [0, 0.1) is 6.92 Å². The zero-order valence-corrected chi connectivity index (χ0v) is 77.0. The minimum absolute atomic E-state index is 0.00382. The second kappa shape index (κ2) is 50.2. The van der Waals surface area contributed by atoms with Crippen LogP contribution >= 0.6 is 197 Å². The molecule has 0 bridgehead atoms. The van der Waals surface area contributed by atoms with Gasteiger partial charge in [-0.15, -0.1) is 0 Å². The highest BCUT2D eigenvalue weighted by Gasteiger charge is 2.41. The number of aryl methyl sites for hydroxylation is 1. The number of rotatable bonds is 20. The van der Waals surface area contributed by atoms with Gasteiger partial charge in [-0.3, -0.25) is 24.5 Å². The predicted molar refractivity (Wildman–Crippen MR) is 472 cm³/mol. The highest BCUT2D eigenvalue weighted by Crippen LogP contribution is 2.41. The molecule has 26 nitrogen and oxygen atoms in total. The number of esters is 8. The molecule has 0 aromatic heterocycles. The number of carbonyl (C=O) groups excluding carboxylic acids is 13. The maximum absolute atomic E-state index is 12.0. The number of benzene rings is 6. The second-order valence-electron chi connectivity index (χ2n) is 24.9. The summed E-state index contributed by atoms with van der Waals surface area (Å²) in [5.41, 5.74) is 4.51. The maximum atomic E-state index is 12.0. The number of amides is 1. The van der Waals surface area contributed by atoms with E-state index in [1.54, 1.807) is 129 Å². The van der Waals surface area contributed by atoms with Crippen molar-refractivity contribution in [3.8, 4) is 5.75 Å². The van der Waals surface area contributed by atoms with Gasteiger partial charge in [-0.25, -0.2) is 43.2 Å². The molecule has 8 aliphatic rings. The van der Waals surface area contributed by atoms with E-state index in [1.807, 2.05) is 55.5 Å². The molecule has 0 aliphatic carbocycles. The maximum Gasteiger partial charge on any atom is 0.415 e. The van der Waals surface area contributed by atoms with Crippen molar-refractivity contribution in [1.82, 2.24) is 0 Å². The van der Waals surface area contributed by atoms with Gasteiger partial charge in [0.1, 0.15) is 85.5 Å². The lowest BCUT2D eigenvalue weighted by Crippen LogP contribution is -2.23. The van der Waals surface area contributed by atoms with Crippen LogP contribution in [0.2, 0.25) is 5.02 Å². The van der Waals surface area contributed by atoms with Crippen molar-refractivity contribution in [3.05, 3.63) is 296 Å². The van der Waals surface area contributed by atoms with Crippen LogP contribution in [0.3, 0.4) is 0 Å². The minimum Gasteiger partial charge on any atom is -0.497 e. The van der Waals surface area contributed by atoms with Gasteiger partial charge in [0.15, 0.2) is 29.2 Å². The van der Waals surface area contributed by atoms with E-state index < -0.39 is 103 Å². The third-order valence-corrected chi connectivity index (χ3v) is 23.5. The molecule has 1 N–H and O–H groups in total. The van der Waals surface area contributed by atoms with Crippen LogP contribution in [0.15, 0.2) is 257 Å². The second-order valence-corrected chi connectivity index (χ2v) is 31.6. The molecule has 6 aromatic rings. The Kier molecular flexibility index (Phi) is 41.6. The van der Waals surface area contributed by atoms with Gasteiger partial charge < -0.3 is 56.8 Å². The summed E-state index contributed by atoms with van der Waals surface area (Å²) >= 11 is 96.1. The molecule has 0 fully saturated rings. The number of para-hydroxylation sites is 1. The van der Waals surface area contributed by atoms with Gasteiger partial charge in [0.25, 0.3) is 12.6 Å². The van der Waals surface area contributed by atoms with Crippen LogP contribution in [0.4, 0.5) is 10.5 Å². The van der Waals surface area contributed by atoms with E-state index in [0.717, 1.165) is 17.4 Å². The van der Waals surface area contributed by atoms with Gasteiger partial charge in [0, 0.05) is 39.6 Å². The standard InChI is InChI=1S/C13H10Cl2O4.C13H10Cl2O3.C12H7Cl3O3.C12H8Cl2O3.C11H7Cl2NO4.C10H6Cl2O2.C6H6Cl2O3.C6H4Cl2O3/c1-18-8-4-2-7(3-5-8)9(16)6-10-11(14)12(15)13(17)19-10;1-7-2-4-8(5-3-7)9(16)6-10-11(14)12(15)13(17)18-10;13-7-3-1-6(2-4-7)8(16)5-9-10(14)11(15)12(17)18-9;13-10-9(17-12(16)11(10)14)6-8(15)7-4-2-1-3-5-7;12-7-8(13)10(17-9(7)15)18-11(16)14-6-4-2-1-3-5-6;11-7-8(12)10(13)14-9(7)6-4-2-1-3-5-6;2*1-2-10-6-4(8)3(7)5(9)11-6/h2-5,10H,6H2,1H3;2-5,10H,6H2,1H3;1-4,9H,5H2;1-5,9H,6H2;1-5,10H,(H,14,16);1-5,9H;6H,2H2,1H3;2,6H,1H2.